The summed E-state index contributed by atoms with van der Waals surface area (Å²) in [6.45, 7) is 10.1. The highest BCUT2D eigenvalue weighted by Gasteiger charge is 1.89. The lowest BCUT2D eigenvalue weighted by atomic mass is 10.2. The van der Waals surface area contributed by atoms with Gasteiger partial charge in [-0.3, -0.25) is 0 Å². The minimum absolute atomic E-state index is 0.628. The van der Waals surface area contributed by atoms with Gasteiger partial charge in [-0.15, -0.1) is 23.4 Å². The van der Waals surface area contributed by atoms with E-state index in [4.69, 9.17) is 11.6 Å². The number of alkyl halides is 1. The third-order valence-corrected chi connectivity index (χ3v) is 2.28. The van der Waals surface area contributed by atoms with Crippen LogP contribution in [0.1, 0.15) is 33.3 Å². The summed E-state index contributed by atoms with van der Waals surface area (Å²) in [5, 5.41) is 0.628. The smallest absolute Gasteiger partial charge is 0.0727 e. The molecule has 1 rings (SSSR count). The molecule has 0 N–H and O–H groups in total. The minimum atomic E-state index is 0.628. The van der Waals surface area contributed by atoms with E-state index in [0.717, 1.165) is 0 Å². The zero-order valence-electron chi connectivity index (χ0n) is 9.80. The Morgan fingerprint density at radius 2 is 1.43 bits per heavy atom. The Balaban J connectivity index is 0. The molecule has 0 aliphatic rings. The predicted octanol–water partition coefficient (Wildman–Crippen LogP) is 5.34. The van der Waals surface area contributed by atoms with Crippen molar-refractivity contribution in [3.63, 3.8) is 0 Å². The largest absolute Gasteiger partial charge is 0.114 e. The maximum atomic E-state index is 5.54. The lowest BCUT2D eigenvalue weighted by Crippen LogP contribution is -1.72. The van der Waals surface area contributed by atoms with E-state index in [1.165, 1.54) is 10.5 Å². The van der Waals surface area contributed by atoms with Crippen molar-refractivity contribution in [3.8, 4) is 0 Å². The fraction of sp³-hybridized carbons (Fsp3) is 0.500. The third-order valence-electron chi connectivity index (χ3n) is 1.24. The molecule has 1 aromatic rings. The monoisotopic (exact) mass is 232 g/mol. The Morgan fingerprint density at radius 1 is 1.00 bits per heavy atom. The predicted molar refractivity (Wildman–Crippen MR) is 70.5 cm³/mol. The molecular weight excluding hydrogens is 212 g/mol. The number of hydrogen-bond donors (Lipinski definition) is 0. The second-order valence-electron chi connectivity index (χ2n) is 2.07. The van der Waals surface area contributed by atoms with Gasteiger partial charge in [0.05, 0.1) is 5.21 Å². The summed E-state index contributed by atoms with van der Waals surface area (Å²) in [5.74, 6) is 0. The molecule has 0 radical (unpaired) electrons. The van der Waals surface area contributed by atoms with Crippen LogP contribution >= 0.6 is 23.4 Å². The molecule has 0 atom stereocenters. The number of aryl methyl sites for hydroxylation is 1. The summed E-state index contributed by atoms with van der Waals surface area (Å²) in [6, 6.07) is 8.36. The van der Waals surface area contributed by atoms with Gasteiger partial charge < -0.3 is 0 Å². The van der Waals surface area contributed by atoms with Crippen molar-refractivity contribution in [1.29, 1.82) is 0 Å². The summed E-state index contributed by atoms with van der Waals surface area (Å²) in [5.41, 5.74) is 1.29. The Kier molecular flexibility index (Phi) is 15.0. The Labute approximate surface area is 98.1 Å². The van der Waals surface area contributed by atoms with Crippen LogP contribution in [0.2, 0.25) is 0 Å². The van der Waals surface area contributed by atoms with Crippen LogP contribution in [-0.2, 0) is 0 Å². The number of thioether (sulfide) groups is 1. The molecule has 0 spiro atoms. The van der Waals surface area contributed by atoms with Crippen molar-refractivity contribution in [2.45, 2.75) is 39.5 Å². The molecule has 2 heteroatoms. The van der Waals surface area contributed by atoms with Gasteiger partial charge in [0.25, 0.3) is 0 Å². The SMILES string of the molecule is CC.CC.Cc1ccc(SCCl)cc1. The van der Waals surface area contributed by atoms with Crippen molar-refractivity contribution < 1.29 is 0 Å². The van der Waals surface area contributed by atoms with Crippen LogP contribution in [0.15, 0.2) is 29.2 Å². The molecule has 82 valence electrons. The van der Waals surface area contributed by atoms with Gasteiger partial charge in [0.15, 0.2) is 0 Å². The van der Waals surface area contributed by atoms with Gasteiger partial charge >= 0.3 is 0 Å². The van der Waals surface area contributed by atoms with E-state index in [9.17, 15) is 0 Å². The zero-order valence-corrected chi connectivity index (χ0v) is 11.4. The summed E-state index contributed by atoms with van der Waals surface area (Å²) in [4.78, 5) is 1.24. The molecule has 0 aliphatic heterocycles. The first kappa shape index (κ1) is 16.3. The van der Waals surface area contributed by atoms with Crippen LogP contribution in [0.5, 0.6) is 0 Å². The summed E-state index contributed by atoms with van der Waals surface area (Å²) in [6.07, 6.45) is 0. The van der Waals surface area contributed by atoms with E-state index < -0.39 is 0 Å². The van der Waals surface area contributed by atoms with E-state index in [2.05, 4.69) is 31.2 Å². The molecule has 14 heavy (non-hydrogen) atoms. The Morgan fingerprint density at radius 3 is 1.79 bits per heavy atom. The van der Waals surface area contributed by atoms with Gasteiger partial charge in [-0.1, -0.05) is 45.4 Å². The number of benzene rings is 1. The summed E-state index contributed by atoms with van der Waals surface area (Å²) >= 11 is 7.19. The molecule has 0 saturated carbocycles. The van der Waals surface area contributed by atoms with Crippen molar-refractivity contribution >= 4 is 23.4 Å². The normalized spacial score (nSPS) is 7.86. The van der Waals surface area contributed by atoms with Crippen LogP contribution in [0.25, 0.3) is 0 Å². The molecule has 0 aromatic heterocycles. The lowest BCUT2D eigenvalue weighted by molar-refractivity contribution is 1.38. The summed E-state index contributed by atoms with van der Waals surface area (Å²) < 4.78 is 0. The molecule has 0 unspecified atom stereocenters. The molecule has 0 amide bonds. The number of hydrogen-bond acceptors (Lipinski definition) is 1. The average Bonchev–Trinajstić information content (AvgIpc) is 2.28. The van der Waals surface area contributed by atoms with Gasteiger partial charge in [0.2, 0.25) is 0 Å². The van der Waals surface area contributed by atoms with E-state index in [1.807, 2.05) is 27.7 Å². The van der Waals surface area contributed by atoms with Gasteiger partial charge in [0.1, 0.15) is 0 Å². The zero-order chi connectivity index (χ0) is 11.4. The summed E-state index contributed by atoms with van der Waals surface area (Å²) in [7, 11) is 0. The maximum absolute atomic E-state index is 5.54. The lowest BCUT2D eigenvalue weighted by Gasteiger charge is -1.96. The van der Waals surface area contributed by atoms with E-state index in [1.54, 1.807) is 11.8 Å². The minimum Gasteiger partial charge on any atom is -0.114 e. The quantitative estimate of drug-likeness (QED) is 0.490. The Hall–Kier alpha value is -0.140. The van der Waals surface area contributed by atoms with Crippen molar-refractivity contribution in [1.82, 2.24) is 0 Å². The van der Waals surface area contributed by atoms with Gasteiger partial charge in [0, 0.05) is 4.90 Å². The second kappa shape index (κ2) is 12.9. The van der Waals surface area contributed by atoms with Gasteiger partial charge in [-0.25, -0.2) is 0 Å². The first-order valence-corrected chi connectivity index (χ1v) is 6.60. The van der Waals surface area contributed by atoms with Gasteiger partial charge in [-0.2, -0.15) is 0 Å². The van der Waals surface area contributed by atoms with Crippen LogP contribution < -0.4 is 0 Å². The van der Waals surface area contributed by atoms with Crippen molar-refractivity contribution in [2.24, 2.45) is 0 Å². The molecule has 1 aromatic carbocycles. The second-order valence-corrected chi connectivity index (χ2v) is 3.70. The fourth-order valence-corrected chi connectivity index (χ4v) is 1.53. The molecule has 0 aliphatic carbocycles. The molecule has 0 bridgehead atoms. The highest BCUT2D eigenvalue weighted by Crippen LogP contribution is 2.18. The van der Waals surface area contributed by atoms with E-state index >= 15 is 0 Å². The number of rotatable bonds is 2. The number of halogens is 1. The fourth-order valence-electron chi connectivity index (χ4n) is 0.697. The maximum Gasteiger partial charge on any atom is 0.0727 e. The molecule has 0 saturated heterocycles. The molecule has 0 heterocycles. The highest BCUT2D eigenvalue weighted by atomic mass is 35.5. The first-order chi connectivity index (χ1) is 6.83. The standard InChI is InChI=1S/C8H9ClS.2C2H6/c1-7-2-4-8(5-3-7)10-6-9;2*1-2/h2-5H,6H2,1H3;2*1-2H3. The average molecular weight is 233 g/mol. The van der Waals surface area contributed by atoms with Crippen molar-refractivity contribution in [3.05, 3.63) is 29.8 Å². The van der Waals surface area contributed by atoms with Crippen LogP contribution in [0.3, 0.4) is 0 Å². The van der Waals surface area contributed by atoms with E-state index in [0.29, 0.717) is 5.21 Å². The van der Waals surface area contributed by atoms with Crippen LogP contribution in [0.4, 0.5) is 0 Å². The molecule has 0 fully saturated rings. The topological polar surface area (TPSA) is 0 Å². The Bertz CT molecular complexity index is 194. The first-order valence-electron chi connectivity index (χ1n) is 5.08. The molecule has 0 nitrogen and oxygen atoms in total. The van der Waals surface area contributed by atoms with E-state index in [-0.39, 0.29) is 0 Å². The van der Waals surface area contributed by atoms with Gasteiger partial charge in [-0.05, 0) is 19.1 Å². The van der Waals surface area contributed by atoms with Crippen molar-refractivity contribution in [2.75, 3.05) is 5.21 Å². The third kappa shape index (κ3) is 8.46. The highest BCUT2D eigenvalue weighted by molar-refractivity contribution is 8.00. The molecular formula is C12H21ClS. The van der Waals surface area contributed by atoms with Crippen LogP contribution in [-0.4, -0.2) is 5.21 Å². The van der Waals surface area contributed by atoms with Crippen LogP contribution in [0, 0.1) is 6.92 Å².